The van der Waals surface area contributed by atoms with E-state index >= 15 is 0 Å². The van der Waals surface area contributed by atoms with E-state index in [1.807, 2.05) is 24.1 Å². The normalized spacial score (nSPS) is 27.1. The number of nitrogens with one attached hydrogen (secondary N) is 1. The van der Waals surface area contributed by atoms with Gasteiger partial charge in [0.15, 0.2) is 5.96 Å². The first-order chi connectivity index (χ1) is 11.2. The summed E-state index contributed by atoms with van der Waals surface area (Å²) in [6, 6.07) is 0.496. The van der Waals surface area contributed by atoms with E-state index in [0.29, 0.717) is 24.5 Å². The minimum Gasteiger partial charge on any atom is -0.373 e. The zero-order chi connectivity index (χ0) is 16.1. The summed E-state index contributed by atoms with van der Waals surface area (Å²) in [4.78, 5) is 4.59. The van der Waals surface area contributed by atoms with Gasteiger partial charge in [0.25, 0.3) is 0 Å². The molecule has 1 aromatic heterocycles. The number of aryl methyl sites for hydroxylation is 1. The minimum atomic E-state index is 0.0955. The van der Waals surface area contributed by atoms with Crippen molar-refractivity contribution in [2.24, 2.45) is 23.7 Å². The molecular formula is C17H29N5O. The maximum atomic E-state index is 6.10. The Morgan fingerprint density at radius 1 is 1.35 bits per heavy atom. The Balaban J connectivity index is 1.53. The molecule has 2 aliphatic rings. The topological polar surface area (TPSA) is 77.5 Å². The van der Waals surface area contributed by atoms with Gasteiger partial charge in [-0.2, -0.15) is 5.10 Å². The molecule has 0 aromatic carbocycles. The van der Waals surface area contributed by atoms with Crippen LogP contribution in [0.1, 0.15) is 56.6 Å². The molecule has 6 nitrogen and oxygen atoms in total. The molecule has 3 rings (SSSR count). The van der Waals surface area contributed by atoms with Gasteiger partial charge in [-0.15, -0.1) is 0 Å². The molecule has 2 fully saturated rings. The Morgan fingerprint density at radius 2 is 2.13 bits per heavy atom. The van der Waals surface area contributed by atoms with Gasteiger partial charge in [0, 0.05) is 43.9 Å². The predicted molar refractivity (Wildman–Crippen MR) is 91.1 cm³/mol. The van der Waals surface area contributed by atoms with Crippen molar-refractivity contribution in [2.45, 2.75) is 57.1 Å². The molecule has 0 amide bonds. The van der Waals surface area contributed by atoms with Crippen molar-refractivity contribution in [3.63, 3.8) is 0 Å². The van der Waals surface area contributed by atoms with Gasteiger partial charge >= 0.3 is 0 Å². The van der Waals surface area contributed by atoms with E-state index in [9.17, 15) is 0 Å². The van der Waals surface area contributed by atoms with Crippen LogP contribution >= 0.6 is 0 Å². The quantitative estimate of drug-likeness (QED) is 0.506. The first-order valence-electron chi connectivity index (χ1n) is 8.89. The third-order valence-corrected chi connectivity index (χ3v) is 4.97. The zero-order valence-electron chi connectivity index (χ0n) is 14.1. The van der Waals surface area contributed by atoms with E-state index in [1.54, 1.807) is 0 Å². The van der Waals surface area contributed by atoms with Crippen LogP contribution in [0.5, 0.6) is 0 Å². The molecule has 0 spiro atoms. The molecule has 0 bridgehead atoms. The molecule has 6 heteroatoms. The lowest BCUT2D eigenvalue weighted by atomic mass is 9.98. The standard InChI is InChI=1S/C17H29N5O/c1-22-12-14(11-20-22)16-13(8-9-23-16)10-19-17(18)21-15-6-4-2-3-5-7-15/h11-13,15-16H,2-10H2,1H3,(H3,18,19,21)/t13-,16+/m0/s1. The van der Waals surface area contributed by atoms with E-state index in [1.165, 1.54) is 38.5 Å². The van der Waals surface area contributed by atoms with Gasteiger partial charge in [-0.3, -0.25) is 9.67 Å². The summed E-state index contributed by atoms with van der Waals surface area (Å²) < 4.78 is 7.70. The fourth-order valence-corrected chi connectivity index (χ4v) is 3.67. The van der Waals surface area contributed by atoms with Crippen molar-refractivity contribution >= 4 is 5.96 Å². The van der Waals surface area contributed by atoms with Gasteiger partial charge in [0.1, 0.15) is 0 Å². The van der Waals surface area contributed by atoms with Crippen molar-refractivity contribution < 1.29 is 4.74 Å². The highest BCUT2D eigenvalue weighted by molar-refractivity contribution is 5.78. The van der Waals surface area contributed by atoms with Gasteiger partial charge in [-0.05, 0) is 19.3 Å². The molecule has 23 heavy (non-hydrogen) atoms. The molecule has 1 aliphatic carbocycles. The zero-order valence-corrected chi connectivity index (χ0v) is 14.1. The Labute approximate surface area is 138 Å². The van der Waals surface area contributed by atoms with Crippen molar-refractivity contribution in [3.05, 3.63) is 18.0 Å². The molecule has 1 saturated carbocycles. The van der Waals surface area contributed by atoms with Crippen molar-refractivity contribution in [1.82, 2.24) is 15.1 Å². The lowest BCUT2D eigenvalue weighted by Crippen LogP contribution is -2.40. The Morgan fingerprint density at radius 3 is 2.83 bits per heavy atom. The van der Waals surface area contributed by atoms with Crippen LogP contribution in [0.25, 0.3) is 0 Å². The highest BCUT2D eigenvalue weighted by Crippen LogP contribution is 2.34. The SMILES string of the molecule is Cn1cc([C@@H]2OCC[C@H]2CN=C(N)NC2CCCCCC2)cn1. The number of hydrogen-bond donors (Lipinski definition) is 2. The number of nitrogens with zero attached hydrogens (tertiary/aromatic N) is 3. The van der Waals surface area contributed by atoms with Crippen molar-refractivity contribution in [2.75, 3.05) is 13.2 Å². The minimum absolute atomic E-state index is 0.0955. The second-order valence-electron chi connectivity index (χ2n) is 6.85. The van der Waals surface area contributed by atoms with Crippen LogP contribution in [0.2, 0.25) is 0 Å². The Kier molecular flexibility index (Phi) is 5.54. The second-order valence-corrected chi connectivity index (χ2v) is 6.85. The highest BCUT2D eigenvalue weighted by Gasteiger charge is 2.30. The molecule has 128 valence electrons. The van der Waals surface area contributed by atoms with E-state index in [4.69, 9.17) is 10.5 Å². The lowest BCUT2D eigenvalue weighted by molar-refractivity contribution is 0.0925. The average Bonchev–Trinajstić information content (AvgIpc) is 3.09. The monoisotopic (exact) mass is 319 g/mol. The number of guanidine groups is 1. The molecule has 0 unspecified atom stereocenters. The number of aromatic nitrogens is 2. The molecule has 1 saturated heterocycles. The molecule has 2 heterocycles. The second kappa shape index (κ2) is 7.81. The van der Waals surface area contributed by atoms with E-state index in [0.717, 1.165) is 18.6 Å². The molecular weight excluding hydrogens is 290 g/mol. The number of nitrogens with two attached hydrogens (primary N) is 1. The van der Waals surface area contributed by atoms with Crippen LogP contribution in [0.15, 0.2) is 17.4 Å². The Hall–Kier alpha value is -1.56. The average molecular weight is 319 g/mol. The molecule has 2 atom stereocenters. The van der Waals surface area contributed by atoms with Crippen LogP contribution in [-0.2, 0) is 11.8 Å². The van der Waals surface area contributed by atoms with Crippen LogP contribution in [0, 0.1) is 5.92 Å². The maximum Gasteiger partial charge on any atom is 0.188 e. The van der Waals surface area contributed by atoms with Gasteiger partial charge in [-0.25, -0.2) is 0 Å². The molecule has 3 N–H and O–H groups in total. The summed E-state index contributed by atoms with van der Waals surface area (Å²) >= 11 is 0. The summed E-state index contributed by atoms with van der Waals surface area (Å²) in [5, 5.41) is 7.65. The van der Waals surface area contributed by atoms with Gasteiger partial charge in [-0.1, -0.05) is 25.7 Å². The highest BCUT2D eigenvalue weighted by atomic mass is 16.5. The third kappa shape index (κ3) is 4.47. The van der Waals surface area contributed by atoms with Gasteiger partial charge in [0.2, 0.25) is 0 Å². The molecule has 0 radical (unpaired) electrons. The smallest absolute Gasteiger partial charge is 0.188 e. The largest absolute Gasteiger partial charge is 0.373 e. The number of hydrogen-bond acceptors (Lipinski definition) is 3. The van der Waals surface area contributed by atoms with Crippen LogP contribution < -0.4 is 11.1 Å². The summed E-state index contributed by atoms with van der Waals surface area (Å²) in [5.74, 6) is 0.974. The van der Waals surface area contributed by atoms with E-state index in [-0.39, 0.29) is 6.10 Å². The predicted octanol–water partition coefficient (Wildman–Crippen LogP) is 2.12. The van der Waals surface area contributed by atoms with Crippen molar-refractivity contribution in [1.29, 1.82) is 0 Å². The summed E-state index contributed by atoms with van der Waals surface area (Å²) in [6.07, 6.45) is 12.7. The van der Waals surface area contributed by atoms with E-state index < -0.39 is 0 Å². The van der Waals surface area contributed by atoms with Gasteiger partial charge < -0.3 is 15.8 Å². The van der Waals surface area contributed by atoms with Crippen LogP contribution in [0.4, 0.5) is 0 Å². The Bertz CT molecular complexity index is 519. The molecule has 1 aliphatic heterocycles. The van der Waals surface area contributed by atoms with Gasteiger partial charge in [0.05, 0.1) is 12.3 Å². The van der Waals surface area contributed by atoms with Crippen LogP contribution in [-0.4, -0.2) is 34.9 Å². The fourth-order valence-electron chi connectivity index (χ4n) is 3.67. The fraction of sp³-hybridized carbons (Fsp3) is 0.765. The first kappa shape index (κ1) is 16.3. The summed E-state index contributed by atoms with van der Waals surface area (Å²) in [7, 11) is 1.93. The summed E-state index contributed by atoms with van der Waals surface area (Å²) in [5.41, 5.74) is 7.24. The number of aliphatic imine (C=N–C) groups is 1. The molecule has 1 aromatic rings. The van der Waals surface area contributed by atoms with E-state index in [2.05, 4.69) is 15.4 Å². The van der Waals surface area contributed by atoms with Crippen LogP contribution in [0.3, 0.4) is 0 Å². The third-order valence-electron chi connectivity index (χ3n) is 4.97. The summed E-state index contributed by atoms with van der Waals surface area (Å²) in [6.45, 7) is 1.50. The first-order valence-corrected chi connectivity index (χ1v) is 8.89. The maximum absolute atomic E-state index is 6.10. The van der Waals surface area contributed by atoms with Crippen molar-refractivity contribution in [3.8, 4) is 0 Å². The number of rotatable bonds is 4. The lowest BCUT2D eigenvalue weighted by Gasteiger charge is -2.18. The number of ether oxygens (including phenoxy) is 1.